The second kappa shape index (κ2) is 8.41. The highest BCUT2D eigenvalue weighted by Gasteiger charge is 2.11. The van der Waals surface area contributed by atoms with Crippen LogP contribution < -0.4 is 10.5 Å². The van der Waals surface area contributed by atoms with Crippen molar-refractivity contribution in [3.05, 3.63) is 65.2 Å². The Balaban J connectivity index is 0.00000242. The Bertz CT molecular complexity index is 615. The van der Waals surface area contributed by atoms with E-state index in [-0.39, 0.29) is 18.3 Å². The van der Waals surface area contributed by atoms with E-state index in [1.807, 2.05) is 36.4 Å². The maximum atomic E-state index is 11.9. The summed E-state index contributed by atoms with van der Waals surface area (Å²) in [5.74, 6) is 0.677. The molecule has 2 rings (SSSR count). The van der Waals surface area contributed by atoms with E-state index in [0.717, 1.165) is 16.9 Å². The molecule has 0 heterocycles. The fraction of sp³-hybridized carbons (Fsp3) is 0.235. The Morgan fingerprint density at radius 2 is 1.82 bits per heavy atom. The van der Waals surface area contributed by atoms with E-state index in [0.29, 0.717) is 18.7 Å². The van der Waals surface area contributed by atoms with Crippen molar-refractivity contribution in [2.24, 2.45) is 5.73 Å². The monoisotopic (exact) mass is 320 g/mol. The fourth-order valence-electron chi connectivity index (χ4n) is 2.01. The SMILES string of the molecule is CN(C)C(=O)c1ccc(OCc2ccccc2)c(CN)c1.Cl. The predicted octanol–water partition coefficient (Wildman–Crippen LogP) is 2.85. The molecule has 0 unspecified atom stereocenters. The van der Waals surface area contributed by atoms with Gasteiger partial charge in [-0.3, -0.25) is 4.79 Å². The van der Waals surface area contributed by atoms with Gasteiger partial charge in [0.1, 0.15) is 12.4 Å². The molecule has 2 aromatic carbocycles. The maximum absolute atomic E-state index is 11.9. The summed E-state index contributed by atoms with van der Waals surface area (Å²) in [5.41, 5.74) is 8.30. The van der Waals surface area contributed by atoms with Gasteiger partial charge >= 0.3 is 0 Å². The minimum absolute atomic E-state index is 0. The molecule has 0 aliphatic heterocycles. The number of halogens is 1. The number of carbonyl (C=O) groups is 1. The lowest BCUT2D eigenvalue weighted by Gasteiger charge is -2.14. The van der Waals surface area contributed by atoms with Crippen LogP contribution in [0.15, 0.2) is 48.5 Å². The number of nitrogens with zero attached hydrogens (tertiary/aromatic N) is 1. The molecule has 0 aliphatic carbocycles. The second-order valence-corrected chi connectivity index (χ2v) is 5.00. The number of carbonyl (C=O) groups excluding carboxylic acids is 1. The van der Waals surface area contributed by atoms with E-state index < -0.39 is 0 Å². The molecule has 0 aromatic heterocycles. The highest BCUT2D eigenvalue weighted by Crippen LogP contribution is 2.21. The largest absolute Gasteiger partial charge is 0.489 e. The molecule has 0 saturated heterocycles. The molecule has 0 saturated carbocycles. The molecule has 118 valence electrons. The van der Waals surface area contributed by atoms with Crippen LogP contribution in [0, 0.1) is 0 Å². The Morgan fingerprint density at radius 1 is 1.14 bits per heavy atom. The van der Waals surface area contributed by atoms with Crippen molar-refractivity contribution in [3.63, 3.8) is 0 Å². The van der Waals surface area contributed by atoms with Crippen LogP contribution in [0.3, 0.4) is 0 Å². The molecule has 2 N–H and O–H groups in total. The van der Waals surface area contributed by atoms with Crippen LogP contribution in [0.1, 0.15) is 21.5 Å². The lowest BCUT2D eigenvalue weighted by atomic mass is 10.1. The number of hydrogen-bond donors (Lipinski definition) is 1. The number of nitrogens with two attached hydrogens (primary N) is 1. The van der Waals surface area contributed by atoms with Gasteiger partial charge in [0, 0.05) is 31.8 Å². The molecule has 5 heteroatoms. The molecule has 0 radical (unpaired) electrons. The van der Waals surface area contributed by atoms with Crippen LogP contribution in [0.2, 0.25) is 0 Å². The second-order valence-electron chi connectivity index (χ2n) is 5.00. The molecular formula is C17H21ClN2O2. The van der Waals surface area contributed by atoms with E-state index in [1.54, 1.807) is 31.1 Å². The van der Waals surface area contributed by atoms with Gasteiger partial charge in [-0.1, -0.05) is 30.3 Å². The summed E-state index contributed by atoms with van der Waals surface area (Å²) in [6.07, 6.45) is 0. The van der Waals surface area contributed by atoms with Gasteiger partial charge in [0.15, 0.2) is 0 Å². The fourth-order valence-corrected chi connectivity index (χ4v) is 2.01. The molecule has 0 fully saturated rings. The van der Waals surface area contributed by atoms with Crippen molar-refractivity contribution in [1.29, 1.82) is 0 Å². The van der Waals surface area contributed by atoms with Gasteiger partial charge in [0.25, 0.3) is 5.91 Å². The van der Waals surface area contributed by atoms with Gasteiger partial charge in [0.05, 0.1) is 0 Å². The summed E-state index contributed by atoms with van der Waals surface area (Å²) < 4.78 is 5.80. The Hall–Kier alpha value is -2.04. The zero-order valence-corrected chi connectivity index (χ0v) is 13.6. The first-order valence-electron chi connectivity index (χ1n) is 6.83. The van der Waals surface area contributed by atoms with E-state index >= 15 is 0 Å². The first-order chi connectivity index (χ1) is 10.1. The summed E-state index contributed by atoms with van der Waals surface area (Å²) in [7, 11) is 3.45. The standard InChI is InChI=1S/C17H20N2O2.ClH/c1-19(2)17(20)14-8-9-16(15(10-14)11-18)21-12-13-6-4-3-5-7-13;/h3-10H,11-12,18H2,1-2H3;1H. The van der Waals surface area contributed by atoms with E-state index in [1.165, 1.54) is 0 Å². The van der Waals surface area contributed by atoms with Crippen LogP contribution >= 0.6 is 12.4 Å². The van der Waals surface area contributed by atoms with Crippen molar-refractivity contribution in [2.75, 3.05) is 14.1 Å². The molecule has 0 bridgehead atoms. The minimum Gasteiger partial charge on any atom is -0.489 e. The van der Waals surface area contributed by atoms with Crippen LogP contribution in [-0.2, 0) is 13.2 Å². The first kappa shape index (κ1) is 18.0. The normalized spacial score (nSPS) is 9.77. The summed E-state index contributed by atoms with van der Waals surface area (Å²) in [4.78, 5) is 13.5. The van der Waals surface area contributed by atoms with Gasteiger partial charge in [-0.05, 0) is 23.8 Å². The molecule has 2 aromatic rings. The Morgan fingerprint density at radius 3 is 2.41 bits per heavy atom. The third-order valence-electron chi connectivity index (χ3n) is 3.17. The van der Waals surface area contributed by atoms with Gasteiger partial charge in [-0.2, -0.15) is 0 Å². The molecule has 4 nitrogen and oxygen atoms in total. The Labute approximate surface area is 137 Å². The van der Waals surface area contributed by atoms with Crippen LogP contribution in [0.25, 0.3) is 0 Å². The molecular weight excluding hydrogens is 300 g/mol. The number of amides is 1. The topological polar surface area (TPSA) is 55.6 Å². The quantitative estimate of drug-likeness (QED) is 0.921. The number of benzene rings is 2. The van der Waals surface area contributed by atoms with Crippen molar-refractivity contribution < 1.29 is 9.53 Å². The van der Waals surface area contributed by atoms with Crippen LogP contribution in [0.4, 0.5) is 0 Å². The van der Waals surface area contributed by atoms with E-state index in [4.69, 9.17) is 10.5 Å². The smallest absolute Gasteiger partial charge is 0.253 e. The Kier molecular flexibility index (Phi) is 6.89. The summed E-state index contributed by atoms with van der Waals surface area (Å²) >= 11 is 0. The molecule has 0 spiro atoms. The summed E-state index contributed by atoms with van der Waals surface area (Å²) in [6.45, 7) is 0.813. The molecule has 22 heavy (non-hydrogen) atoms. The summed E-state index contributed by atoms with van der Waals surface area (Å²) in [5, 5.41) is 0. The zero-order chi connectivity index (χ0) is 15.2. The lowest BCUT2D eigenvalue weighted by molar-refractivity contribution is 0.0827. The molecule has 0 aliphatic rings. The van der Waals surface area contributed by atoms with Crippen molar-refractivity contribution in [1.82, 2.24) is 4.90 Å². The molecule has 0 atom stereocenters. The van der Waals surface area contributed by atoms with Crippen molar-refractivity contribution in [2.45, 2.75) is 13.2 Å². The zero-order valence-electron chi connectivity index (χ0n) is 12.8. The van der Waals surface area contributed by atoms with Crippen molar-refractivity contribution >= 4 is 18.3 Å². The first-order valence-corrected chi connectivity index (χ1v) is 6.83. The van der Waals surface area contributed by atoms with Crippen LogP contribution in [0.5, 0.6) is 5.75 Å². The average molecular weight is 321 g/mol. The van der Waals surface area contributed by atoms with Gasteiger partial charge in [-0.15, -0.1) is 12.4 Å². The highest BCUT2D eigenvalue weighted by molar-refractivity contribution is 5.94. The predicted molar refractivity (Wildman–Crippen MR) is 90.4 cm³/mol. The highest BCUT2D eigenvalue weighted by atomic mass is 35.5. The third-order valence-corrected chi connectivity index (χ3v) is 3.17. The minimum atomic E-state index is -0.0423. The third kappa shape index (κ3) is 4.48. The molecule has 1 amide bonds. The van der Waals surface area contributed by atoms with Gasteiger partial charge < -0.3 is 15.4 Å². The summed E-state index contributed by atoms with van der Waals surface area (Å²) in [6, 6.07) is 15.3. The van der Waals surface area contributed by atoms with Crippen LogP contribution in [-0.4, -0.2) is 24.9 Å². The number of ether oxygens (including phenoxy) is 1. The lowest BCUT2D eigenvalue weighted by Crippen LogP contribution is -2.22. The van der Waals surface area contributed by atoms with E-state index in [9.17, 15) is 4.79 Å². The van der Waals surface area contributed by atoms with Gasteiger partial charge in [-0.25, -0.2) is 0 Å². The van der Waals surface area contributed by atoms with E-state index in [2.05, 4.69) is 0 Å². The number of rotatable bonds is 5. The van der Waals surface area contributed by atoms with Crippen molar-refractivity contribution in [3.8, 4) is 5.75 Å². The maximum Gasteiger partial charge on any atom is 0.253 e. The average Bonchev–Trinajstić information content (AvgIpc) is 2.53. The van der Waals surface area contributed by atoms with Gasteiger partial charge in [0.2, 0.25) is 0 Å². The number of hydrogen-bond acceptors (Lipinski definition) is 3.